The van der Waals surface area contributed by atoms with E-state index in [9.17, 15) is 19.2 Å². The van der Waals surface area contributed by atoms with Gasteiger partial charge >= 0.3 is 23.9 Å². The first-order valence-corrected chi connectivity index (χ1v) is 6.51. The first-order chi connectivity index (χ1) is 11.7. The Kier molecular flexibility index (Phi) is 6.22. The van der Waals surface area contributed by atoms with Gasteiger partial charge in [0.2, 0.25) is 0 Å². The number of rotatable bonds is 4. The van der Waals surface area contributed by atoms with Crippen molar-refractivity contribution in [3.63, 3.8) is 0 Å². The van der Waals surface area contributed by atoms with E-state index in [1.165, 1.54) is 30.3 Å². The molecule has 0 saturated carbocycles. The smallest absolute Gasteiger partial charge is 0.340 e. The Labute approximate surface area is 140 Å². The molecule has 0 aliphatic heterocycles. The molecule has 2 aromatic rings. The Bertz CT molecular complexity index is 806. The summed E-state index contributed by atoms with van der Waals surface area (Å²) in [4.78, 5) is 42.0. The van der Waals surface area contributed by atoms with Crippen molar-refractivity contribution in [1.29, 1.82) is 0 Å². The van der Waals surface area contributed by atoms with E-state index >= 15 is 0 Å². The fourth-order valence-corrected chi connectivity index (χ4v) is 1.80. The highest BCUT2D eigenvalue weighted by atomic mass is 16.4. The minimum atomic E-state index is -1.46. The van der Waals surface area contributed by atoms with Gasteiger partial charge in [-0.25, -0.2) is 19.2 Å². The molecule has 0 aliphatic carbocycles. The number of carboxylic acid groups (broad SMARTS) is 4. The number of carboxylic acids is 4. The van der Waals surface area contributed by atoms with Gasteiger partial charge in [-0.15, -0.1) is 0 Å². The van der Waals surface area contributed by atoms with E-state index in [2.05, 4.69) is 0 Å². The lowest BCUT2D eigenvalue weighted by Gasteiger charge is -2.02. The number of hydrogen-bond acceptors (Lipinski definition) is 5. The topological polar surface area (TPSA) is 169 Å². The van der Waals surface area contributed by atoms with E-state index in [-0.39, 0.29) is 11.1 Å². The Morgan fingerprint density at radius 1 is 0.560 bits per heavy atom. The fourth-order valence-electron chi connectivity index (χ4n) is 1.80. The maximum absolute atomic E-state index is 10.5. The number of benzene rings is 2. The Balaban J connectivity index is 0.000000251. The average molecular weight is 348 g/mol. The molecule has 2 rings (SSSR count). The van der Waals surface area contributed by atoms with Gasteiger partial charge in [0.1, 0.15) is 11.3 Å². The molecule has 0 aliphatic rings. The second kappa shape index (κ2) is 8.11. The second-order valence-corrected chi connectivity index (χ2v) is 4.47. The summed E-state index contributed by atoms with van der Waals surface area (Å²) in [7, 11) is 0. The summed E-state index contributed by atoms with van der Waals surface area (Å²) in [5, 5.41) is 43.3. The lowest BCUT2D eigenvalue weighted by Crippen LogP contribution is -2.07. The average Bonchev–Trinajstić information content (AvgIpc) is 2.54. The Hall–Kier alpha value is -3.88. The molecule has 0 saturated heterocycles. The van der Waals surface area contributed by atoms with Crippen LogP contribution in [0.1, 0.15) is 41.4 Å². The van der Waals surface area contributed by atoms with E-state index in [1.54, 1.807) is 0 Å². The summed E-state index contributed by atoms with van der Waals surface area (Å²) in [6, 6.07) is 8.98. The quantitative estimate of drug-likeness (QED) is 0.553. The highest BCUT2D eigenvalue weighted by Crippen LogP contribution is 2.20. The maximum Gasteiger partial charge on any atom is 0.340 e. The zero-order valence-corrected chi connectivity index (χ0v) is 12.4. The minimum Gasteiger partial charge on any atom is -0.507 e. The van der Waals surface area contributed by atoms with Gasteiger partial charge in [-0.2, -0.15) is 0 Å². The van der Waals surface area contributed by atoms with Crippen molar-refractivity contribution in [2.75, 3.05) is 0 Å². The van der Waals surface area contributed by atoms with Crippen molar-refractivity contribution in [1.82, 2.24) is 0 Å². The highest BCUT2D eigenvalue weighted by molar-refractivity contribution is 6.03. The third-order valence-electron chi connectivity index (χ3n) is 2.87. The van der Waals surface area contributed by atoms with Crippen LogP contribution in [0.4, 0.5) is 0 Å². The van der Waals surface area contributed by atoms with Gasteiger partial charge < -0.3 is 25.5 Å². The number of aromatic hydroxyl groups is 1. The van der Waals surface area contributed by atoms with Gasteiger partial charge in [-0.3, -0.25) is 0 Å². The van der Waals surface area contributed by atoms with Crippen LogP contribution in [0.3, 0.4) is 0 Å². The van der Waals surface area contributed by atoms with Crippen molar-refractivity contribution < 1.29 is 44.7 Å². The molecule has 0 aromatic heterocycles. The van der Waals surface area contributed by atoms with E-state index in [4.69, 9.17) is 25.5 Å². The van der Waals surface area contributed by atoms with Gasteiger partial charge in [0.25, 0.3) is 0 Å². The SMILES string of the molecule is O=C(O)c1cccc(O)c1C(=O)O.O=C(O)c1ccccc1C(=O)O. The first kappa shape index (κ1) is 19.2. The maximum atomic E-state index is 10.5. The van der Waals surface area contributed by atoms with Crippen molar-refractivity contribution in [3.05, 3.63) is 64.7 Å². The van der Waals surface area contributed by atoms with Crippen LogP contribution in [0, 0.1) is 0 Å². The van der Waals surface area contributed by atoms with Crippen LogP contribution in [0.15, 0.2) is 42.5 Å². The van der Waals surface area contributed by atoms with E-state index < -0.39 is 40.8 Å². The van der Waals surface area contributed by atoms with Crippen LogP contribution in [-0.2, 0) is 0 Å². The van der Waals surface area contributed by atoms with Gasteiger partial charge in [0.15, 0.2) is 0 Å². The fraction of sp³-hybridized carbons (Fsp3) is 0. The van der Waals surface area contributed by atoms with Crippen LogP contribution in [-0.4, -0.2) is 49.4 Å². The van der Waals surface area contributed by atoms with Gasteiger partial charge in [0, 0.05) is 0 Å². The third-order valence-corrected chi connectivity index (χ3v) is 2.87. The largest absolute Gasteiger partial charge is 0.507 e. The van der Waals surface area contributed by atoms with E-state index in [0.717, 1.165) is 12.1 Å². The minimum absolute atomic E-state index is 0.190. The molecule has 2 aromatic carbocycles. The third kappa shape index (κ3) is 4.79. The molecule has 0 amide bonds. The molecule has 0 spiro atoms. The number of carbonyl (C=O) groups is 4. The monoisotopic (exact) mass is 348 g/mol. The summed E-state index contributed by atoms with van der Waals surface area (Å²) in [6.45, 7) is 0. The van der Waals surface area contributed by atoms with Gasteiger partial charge in [0.05, 0.1) is 16.7 Å². The summed E-state index contributed by atoms with van der Waals surface area (Å²) in [5.74, 6) is -5.85. The molecule has 0 atom stereocenters. The van der Waals surface area contributed by atoms with E-state index in [0.29, 0.717) is 0 Å². The lowest BCUT2D eigenvalue weighted by atomic mass is 10.1. The molecule has 25 heavy (non-hydrogen) atoms. The molecule has 9 heteroatoms. The summed E-state index contributed by atoms with van der Waals surface area (Å²) in [6.07, 6.45) is 0. The molecule has 0 fully saturated rings. The van der Waals surface area contributed by atoms with Gasteiger partial charge in [-0.1, -0.05) is 18.2 Å². The van der Waals surface area contributed by atoms with Crippen LogP contribution in [0.5, 0.6) is 5.75 Å². The summed E-state index contributed by atoms with van der Waals surface area (Å²) < 4.78 is 0. The van der Waals surface area contributed by atoms with Crippen LogP contribution in [0.25, 0.3) is 0 Å². The molecule has 130 valence electrons. The standard InChI is InChI=1S/C8H6O5.C8H6O4/c9-5-3-1-2-4(7(10)11)6(5)8(12)13;9-7(10)5-3-1-2-4-6(5)8(11)12/h1-3,9H,(H,10,11)(H,12,13);1-4H,(H,9,10)(H,11,12). The summed E-state index contributed by atoms with van der Waals surface area (Å²) >= 11 is 0. The highest BCUT2D eigenvalue weighted by Gasteiger charge is 2.19. The molecule has 0 radical (unpaired) electrons. The molecule has 0 heterocycles. The zero-order chi connectivity index (χ0) is 19.1. The van der Waals surface area contributed by atoms with Crippen molar-refractivity contribution in [2.24, 2.45) is 0 Å². The normalized spacial score (nSPS) is 9.44. The first-order valence-electron chi connectivity index (χ1n) is 6.51. The van der Waals surface area contributed by atoms with Crippen LogP contribution >= 0.6 is 0 Å². The lowest BCUT2D eigenvalue weighted by molar-refractivity contribution is 0.0648. The predicted octanol–water partition coefficient (Wildman–Crippen LogP) is 1.87. The molecule has 0 bridgehead atoms. The Morgan fingerprint density at radius 3 is 1.28 bits per heavy atom. The van der Waals surface area contributed by atoms with Crippen molar-refractivity contribution in [3.8, 4) is 5.75 Å². The zero-order valence-electron chi connectivity index (χ0n) is 12.4. The predicted molar refractivity (Wildman–Crippen MR) is 82.4 cm³/mol. The van der Waals surface area contributed by atoms with Crippen molar-refractivity contribution >= 4 is 23.9 Å². The van der Waals surface area contributed by atoms with E-state index in [1.807, 2.05) is 0 Å². The molecular weight excluding hydrogens is 336 g/mol. The molecule has 9 nitrogen and oxygen atoms in total. The molecule has 5 N–H and O–H groups in total. The second-order valence-electron chi connectivity index (χ2n) is 4.47. The van der Waals surface area contributed by atoms with Crippen molar-refractivity contribution in [2.45, 2.75) is 0 Å². The van der Waals surface area contributed by atoms with Crippen LogP contribution in [0.2, 0.25) is 0 Å². The molecular formula is C16H12O9. The van der Waals surface area contributed by atoms with Crippen LogP contribution < -0.4 is 0 Å². The number of phenols is 1. The molecule has 0 unspecified atom stereocenters. The number of hydrogen-bond donors (Lipinski definition) is 5. The van der Waals surface area contributed by atoms with Gasteiger partial charge in [-0.05, 0) is 24.3 Å². The number of aromatic carboxylic acids is 4. The Morgan fingerprint density at radius 2 is 0.960 bits per heavy atom. The summed E-state index contributed by atoms with van der Waals surface area (Å²) in [5.41, 5.74) is -1.39.